The summed E-state index contributed by atoms with van der Waals surface area (Å²) in [6, 6.07) is 0. The van der Waals surface area contributed by atoms with Crippen molar-refractivity contribution in [2.24, 2.45) is 11.8 Å². The Morgan fingerprint density at radius 2 is 1.55 bits per heavy atom. The molecule has 2 atom stereocenters. The monoisotopic (exact) mass is 156 g/mol. The van der Waals surface area contributed by atoms with Crippen molar-refractivity contribution >= 4 is 6.16 Å². The molecule has 0 aromatic rings. The fourth-order valence-electron chi connectivity index (χ4n) is 1.72. The first kappa shape index (κ1) is 8.11. The van der Waals surface area contributed by atoms with Crippen molar-refractivity contribution in [3.05, 3.63) is 12.2 Å². The molecule has 0 radical (unpaired) electrons. The molecule has 0 aromatic carbocycles. The van der Waals surface area contributed by atoms with Gasteiger partial charge in [-0.25, -0.2) is 4.79 Å². The van der Waals surface area contributed by atoms with Gasteiger partial charge in [0.05, 0.1) is 0 Å². The van der Waals surface area contributed by atoms with Crippen LogP contribution in [-0.2, 0) is 0 Å². The molecule has 0 saturated heterocycles. The lowest BCUT2D eigenvalue weighted by Gasteiger charge is -1.96. The lowest BCUT2D eigenvalue weighted by Crippen LogP contribution is -1.82. The standard InChI is InChI=1S/C7H10.CH2O3/c1-2-7-4-3-6(1)5-7;2-1(3)4/h1-2,6-7H,3-5H2;(H2,2,3,4). The molecule has 1 fully saturated rings. The van der Waals surface area contributed by atoms with Gasteiger partial charge in [0.1, 0.15) is 0 Å². The van der Waals surface area contributed by atoms with E-state index >= 15 is 0 Å². The summed E-state index contributed by atoms with van der Waals surface area (Å²) in [4.78, 5) is 8.56. The lowest BCUT2D eigenvalue weighted by molar-refractivity contribution is 0.137. The van der Waals surface area contributed by atoms with Gasteiger partial charge in [-0.3, -0.25) is 0 Å². The molecule has 2 unspecified atom stereocenters. The molecular weight excluding hydrogens is 144 g/mol. The molecule has 2 aliphatic carbocycles. The molecule has 1 saturated carbocycles. The van der Waals surface area contributed by atoms with Crippen molar-refractivity contribution < 1.29 is 15.0 Å². The highest BCUT2D eigenvalue weighted by atomic mass is 16.6. The zero-order chi connectivity index (χ0) is 8.27. The van der Waals surface area contributed by atoms with Crippen LogP contribution in [0.25, 0.3) is 0 Å². The topological polar surface area (TPSA) is 57.5 Å². The molecule has 2 bridgehead atoms. The summed E-state index contributed by atoms with van der Waals surface area (Å²) in [5, 5.41) is 13.9. The average molecular weight is 156 g/mol. The molecule has 2 rings (SSSR count). The number of hydrogen-bond donors (Lipinski definition) is 2. The van der Waals surface area contributed by atoms with Gasteiger partial charge in [-0.2, -0.15) is 0 Å². The molecule has 2 N–H and O–H groups in total. The van der Waals surface area contributed by atoms with E-state index in [1.54, 1.807) is 0 Å². The average Bonchev–Trinajstić information content (AvgIpc) is 2.45. The van der Waals surface area contributed by atoms with Crippen LogP contribution in [0.15, 0.2) is 12.2 Å². The largest absolute Gasteiger partial charge is 0.503 e. The maximum Gasteiger partial charge on any atom is 0.503 e. The van der Waals surface area contributed by atoms with E-state index in [1.807, 2.05) is 0 Å². The molecule has 0 heterocycles. The number of carboxylic acid groups (broad SMARTS) is 2. The van der Waals surface area contributed by atoms with Gasteiger partial charge in [0, 0.05) is 0 Å². The van der Waals surface area contributed by atoms with E-state index in [4.69, 9.17) is 15.0 Å². The van der Waals surface area contributed by atoms with Crippen molar-refractivity contribution in [1.82, 2.24) is 0 Å². The highest BCUT2D eigenvalue weighted by Gasteiger charge is 2.25. The molecule has 3 nitrogen and oxygen atoms in total. The summed E-state index contributed by atoms with van der Waals surface area (Å²) in [6.07, 6.45) is 7.35. The Hall–Kier alpha value is -0.990. The number of carbonyl (C=O) groups is 1. The highest BCUT2D eigenvalue weighted by molar-refractivity contribution is 5.53. The van der Waals surface area contributed by atoms with Crippen LogP contribution in [-0.4, -0.2) is 16.4 Å². The van der Waals surface area contributed by atoms with Crippen LogP contribution in [0.3, 0.4) is 0 Å². The van der Waals surface area contributed by atoms with E-state index in [0.29, 0.717) is 0 Å². The Morgan fingerprint density at radius 3 is 1.64 bits per heavy atom. The van der Waals surface area contributed by atoms with Gasteiger partial charge in [-0.15, -0.1) is 0 Å². The fourth-order valence-corrected chi connectivity index (χ4v) is 1.72. The molecule has 0 amide bonds. The van der Waals surface area contributed by atoms with Crippen LogP contribution in [0.5, 0.6) is 0 Å². The fraction of sp³-hybridized carbons (Fsp3) is 0.625. The molecule has 11 heavy (non-hydrogen) atoms. The van der Waals surface area contributed by atoms with Crippen molar-refractivity contribution in [3.8, 4) is 0 Å². The van der Waals surface area contributed by atoms with Crippen LogP contribution < -0.4 is 0 Å². The summed E-state index contributed by atoms with van der Waals surface area (Å²) in [7, 11) is 0. The van der Waals surface area contributed by atoms with Crippen LogP contribution in [0.2, 0.25) is 0 Å². The zero-order valence-electron chi connectivity index (χ0n) is 6.23. The predicted octanol–water partition coefficient (Wildman–Crippen LogP) is 2.19. The van der Waals surface area contributed by atoms with E-state index < -0.39 is 6.16 Å². The predicted molar refractivity (Wildman–Crippen MR) is 40.6 cm³/mol. The Bertz CT molecular complexity index is 158. The Balaban J connectivity index is 0.000000134. The second kappa shape index (κ2) is 3.42. The van der Waals surface area contributed by atoms with E-state index in [2.05, 4.69) is 12.2 Å². The summed E-state index contributed by atoms with van der Waals surface area (Å²) in [5.74, 6) is 1.98. The minimum Gasteiger partial charge on any atom is -0.450 e. The number of allylic oxidation sites excluding steroid dienone is 2. The van der Waals surface area contributed by atoms with Gasteiger partial charge in [0.2, 0.25) is 0 Å². The minimum atomic E-state index is -1.83. The van der Waals surface area contributed by atoms with Crippen LogP contribution in [0.4, 0.5) is 4.79 Å². The molecule has 2 aliphatic rings. The Labute approximate surface area is 65.3 Å². The molecular formula is C8H12O3. The van der Waals surface area contributed by atoms with Crippen molar-refractivity contribution in [1.29, 1.82) is 0 Å². The second-order valence-corrected chi connectivity index (χ2v) is 3.00. The summed E-state index contributed by atoms with van der Waals surface area (Å²) in [6.45, 7) is 0. The molecule has 0 aromatic heterocycles. The van der Waals surface area contributed by atoms with Gasteiger partial charge in [0.15, 0.2) is 0 Å². The maximum atomic E-state index is 8.56. The summed E-state index contributed by atoms with van der Waals surface area (Å²) < 4.78 is 0. The van der Waals surface area contributed by atoms with E-state index in [0.717, 1.165) is 11.8 Å². The van der Waals surface area contributed by atoms with Gasteiger partial charge >= 0.3 is 6.16 Å². The van der Waals surface area contributed by atoms with Crippen molar-refractivity contribution in [2.45, 2.75) is 19.3 Å². The zero-order valence-corrected chi connectivity index (χ0v) is 6.23. The number of rotatable bonds is 0. The normalized spacial score (nSPS) is 31.3. The summed E-state index contributed by atoms with van der Waals surface area (Å²) in [5.41, 5.74) is 0. The molecule has 62 valence electrons. The van der Waals surface area contributed by atoms with Crippen LogP contribution in [0, 0.1) is 11.8 Å². The molecule has 0 spiro atoms. The third kappa shape index (κ3) is 2.62. The van der Waals surface area contributed by atoms with Crippen LogP contribution in [0.1, 0.15) is 19.3 Å². The van der Waals surface area contributed by atoms with Crippen molar-refractivity contribution in [2.75, 3.05) is 0 Å². The highest BCUT2D eigenvalue weighted by Crippen LogP contribution is 2.38. The minimum absolute atomic E-state index is 0.991. The van der Waals surface area contributed by atoms with Gasteiger partial charge in [-0.05, 0) is 31.1 Å². The summed E-state index contributed by atoms with van der Waals surface area (Å²) >= 11 is 0. The molecule has 3 heteroatoms. The van der Waals surface area contributed by atoms with Crippen molar-refractivity contribution in [3.63, 3.8) is 0 Å². The molecule has 0 aliphatic heterocycles. The first-order valence-electron chi connectivity index (χ1n) is 3.78. The van der Waals surface area contributed by atoms with Gasteiger partial charge in [0.25, 0.3) is 0 Å². The lowest BCUT2D eigenvalue weighted by atomic mass is 10.1. The smallest absolute Gasteiger partial charge is 0.450 e. The van der Waals surface area contributed by atoms with Gasteiger partial charge in [-0.1, -0.05) is 12.2 Å². The number of fused-ring (bicyclic) bond motifs is 2. The third-order valence-electron chi connectivity index (χ3n) is 2.17. The Kier molecular flexibility index (Phi) is 2.52. The second-order valence-electron chi connectivity index (χ2n) is 3.00. The van der Waals surface area contributed by atoms with E-state index in [-0.39, 0.29) is 0 Å². The third-order valence-corrected chi connectivity index (χ3v) is 2.17. The maximum absolute atomic E-state index is 8.56. The number of hydrogen-bond acceptors (Lipinski definition) is 1. The van der Waals surface area contributed by atoms with Crippen LogP contribution >= 0.6 is 0 Å². The Morgan fingerprint density at radius 1 is 1.18 bits per heavy atom. The van der Waals surface area contributed by atoms with E-state index in [1.165, 1.54) is 19.3 Å². The first-order valence-corrected chi connectivity index (χ1v) is 3.78. The SMILES string of the molecule is C1=CC2CCC1C2.O=C(O)O. The van der Waals surface area contributed by atoms with Gasteiger partial charge < -0.3 is 10.2 Å². The first-order chi connectivity index (χ1) is 5.18. The quantitative estimate of drug-likeness (QED) is 0.528. The van der Waals surface area contributed by atoms with E-state index in [9.17, 15) is 0 Å².